The summed E-state index contributed by atoms with van der Waals surface area (Å²) in [5.74, 6) is 2.05. The molecule has 2 aromatic rings. The Balaban J connectivity index is 2.06. The maximum absolute atomic E-state index is 5.64. The number of anilines is 1. The summed E-state index contributed by atoms with van der Waals surface area (Å²) in [5.41, 5.74) is 7.93. The number of aromatic nitrogens is 2. The summed E-state index contributed by atoms with van der Waals surface area (Å²) in [6.07, 6.45) is 0. The van der Waals surface area contributed by atoms with E-state index < -0.39 is 0 Å². The van der Waals surface area contributed by atoms with Gasteiger partial charge in [-0.1, -0.05) is 24.3 Å². The van der Waals surface area contributed by atoms with E-state index in [1.54, 1.807) is 0 Å². The largest absolute Gasteiger partial charge is 0.478 e. The second kappa shape index (κ2) is 6.86. The number of benzene rings is 1. The lowest BCUT2D eigenvalue weighted by molar-refractivity contribution is 0.325. The van der Waals surface area contributed by atoms with Crippen molar-refractivity contribution in [2.24, 2.45) is 5.73 Å². The molecule has 20 heavy (non-hydrogen) atoms. The van der Waals surface area contributed by atoms with Crippen molar-refractivity contribution in [3.05, 3.63) is 47.3 Å². The van der Waals surface area contributed by atoms with Gasteiger partial charge in [0.2, 0.25) is 5.88 Å². The molecule has 0 unspecified atom stereocenters. The second-order valence-corrected chi connectivity index (χ2v) is 4.45. The highest BCUT2D eigenvalue weighted by atomic mass is 16.5. The van der Waals surface area contributed by atoms with Crippen LogP contribution in [0.1, 0.15) is 23.9 Å². The highest BCUT2D eigenvalue weighted by Crippen LogP contribution is 2.14. The minimum Gasteiger partial charge on any atom is -0.478 e. The van der Waals surface area contributed by atoms with Gasteiger partial charge in [0.05, 0.1) is 6.61 Å². The average Bonchev–Trinajstić information content (AvgIpc) is 2.45. The van der Waals surface area contributed by atoms with E-state index in [0.29, 0.717) is 31.4 Å². The normalized spacial score (nSPS) is 10.3. The average molecular weight is 272 g/mol. The topological polar surface area (TPSA) is 73.1 Å². The predicted octanol–water partition coefficient (Wildman–Crippen LogP) is 2.25. The summed E-state index contributed by atoms with van der Waals surface area (Å²) < 4.78 is 5.41. The standard InChI is InChI=1S/C15H20N4O/c1-3-20-15-8-14(18-11(2)19-15)17-10-13-6-4-5-12(7-13)9-16/h4-8H,3,9-10,16H2,1-2H3,(H,17,18,19). The Labute approximate surface area is 119 Å². The fourth-order valence-corrected chi connectivity index (χ4v) is 1.91. The van der Waals surface area contributed by atoms with Gasteiger partial charge in [-0.15, -0.1) is 0 Å². The zero-order valence-electron chi connectivity index (χ0n) is 11.9. The Morgan fingerprint density at radius 2 is 2.00 bits per heavy atom. The Bertz CT molecular complexity index is 572. The number of hydrogen-bond acceptors (Lipinski definition) is 5. The molecule has 1 aromatic heterocycles. The number of nitrogens with zero attached hydrogens (tertiary/aromatic N) is 2. The van der Waals surface area contributed by atoms with Crippen molar-refractivity contribution in [3.8, 4) is 5.88 Å². The number of aryl methyl sites for hydroxylation is 1. The van der Waals surface area contributed by atoms with Crippen LogP contribution in [-0.4, -0.2) is 16.6 Å². The summed E-state index contributed by atoms with van der Waals surface area (Å²) in [5, 5.41) is 3.28. The molecule has 0 amide bonds. The monoisotopic (exact) mass is 272 g/mol. The van der Waals surface area contributed by atoms with Crippen molar-refractivity contribution >= 4 is 5.82 Å². The van der Waals surface area contributed by atoms with Gasteiger partial charge >= 0.3 is 0 Å². The first-order valence-electron chi connectivity index (χ1n) is 6.71. The van der Waals surface area contributed by atoms with Crippen LogP contribution < -0.4 is 15.8 Å². The molecule has 0 spiro atoms. The number of ether oxygens (including phenoxy) is 1. The van der Waals surface area contributed by atoms with Crippen LogP contribution in [0.2, 0.25) is 0 Å². The SMILES string of the molecule is CCOc1cc(NCc2cccc(CN)c2)nc(C)n1. The van der Waals surface area contributed by atoms with Crippen LogP contribution in [0.5, 0.6) is 5.88 Å². The van der Waals surface area contributed by atoms with Crippen LogP contribution in [0.4, 0.5) is 5.82 Å². The molecule has 0 radical (unpaired) electrons. The molecule has 0 bridgehead atoms. The molecule has 0 aliphatic carbocycles. The summed E-state index contributed by atoms with van der Waals surface area (Å²) >= 11 is 0. The fraction of sp³-hybridized carbons (Fsp3) is 0.333. The number of nitrogens with one attached hydrogen (secondary N) is 1. The smallest absolute Gasteiger partial charge is 0.218 e. The summed E-state index contributed by atoms with van der Waals surface area (Å²) in [7, 11) is 0. The molecular formula is C15H20N4O. The molecule has 1 heterocycles. The van der Waals surface area contributed by atoms with E-state index in [1.165, 1.54) is 5.56 Å². The zero-order valence-corrected chi connectivity index (χ0v) is 11.9. The van der Waals surface area contributed by atoms with Crippen molar-refractivity contribution < 1.29 is 4.74 Å². The third kappa shape index (κ3) is 3.93. The molecular weight excluding hydrogens is 252 g/mol. The molecule has 0 atom stereocenters. The van der Waals surface area contributed by atoms with E-state index in [0.717, 1.165) is 11.4 Å². The van der Waals surface area contributed by atoms with E-state index in [4.69, 9.17) is 10.5 Å². The Morgan fingerprint density at radius 1 is 1.20 bits per heavy atom. The Hall–Kier alpha value is -2.14. The van der Waals surface area contributed by atoms with Crippen LogP contribution in [0.25, 0.3) is 0 Å². The van der Waals surface area contributed by atoms with Crippen molar-refractivity contribution in [2.45, 2.75) is 26.9 Å². The molecule has 0 saturated heterocycles. The van der Waals surface area contributed by atoms with Gasteiger partial charge in [0.25, 0.3) is 0 Å². The molecule has 0 fully saturated rings. The van der Waals surface area contributed by atoms with Crippen molar-refractivity contribution in [2.75, 3.05) is 11.9 Å². The second-order valence-electron chi connectivity index (χ2n) is 4.45. The molecule has 2 rings (SSSR count). The maximum Gasteiger partial charge on any atom is 0.218 e. The number of hydrogen-bond donors (Lipinski definition) is 2. The van der Waals surface area contributed by atoms with Gasteiger partial charge in [0.1, 0.15) is 11.6 Å². The van der Waals surface area contributed by atoms with E-state index >= 15 is 0 Å². The van der Waals surface area contributed by atoms with Gasteiger partial charge < -0.3 is 15.8 Å². The first kappa shape index (κ1) is 14.3. The van der Waals surface area contributed by atoms with Crippen LogP contribution in [0.3, 0.4) is 0 Å². The third-order valence-electron chi connectivity index (χ3n) is 2.81. The highest BCUT2D eigenvalue weighted by molar-refractivity contribution is 5.39. The molecule has 0 aliphatic heterocycles. The van der Waals surface area contributed by atoms with Crippen LogP contribution in [0, 0.1) is 6.92 Å². The lowest BCUT2D eigenvalue weighted by Gasteiger charge is -2.09. The molecule has 3 N–H and O–H groups in total. The lowest BCUT2D eigenvalue weighted by Crippen LogP contribution is -2.05. The highest BCUT2D eigenvalue weighted by Gasteiger charge is 2.02. The fourth-order valence-electron chi connectivity index (χ4n) is 1.91. The van der Waals surface area contributed by atoms with Crippen LogP contribution in [-0.2, 0) is 13.1 Å². The molecule has 0 saturated carbocycles. The van der Waals surface area contributed by atoms with Gasteiger partial charge in [-0.2, -0.15) is 4.98 Å². The molecule has 0 aliphatic rings. The lowest BCUT2D eigenvalue weighted by atomic mass is 10.1. The number of rotatable bonds is 6. The summed E-state index contributed by atoms with van der Waals surface area (Å²) in [6.45, 7) is 5.62. The minimum absolute atomic E-state index is 0.551. The van der Waals surface area contributed by atoms with E-state index in [2.05, 4.69) is 27.4 Å². The van der Waals surface area contributed by atoms with Crippen LogP contribution >= 0.6 is 0 Å². The van der Waals surface area contributed by atoms with E-state index in [-0.39, 0.29) is 0 Å². The van der Waals surface area contributed by atoms with E-state index in [1.807, 2.05) is 32.0 Å². The van der Waals surface area contributed by atoms with Gasteiger partial charge in [0.15, 0.2) is 0 Å². The van der Waals surface area contributed by atoms with Crippen LogP contribution in [0.15, 0.2) is 30.3 Å². The minimum atomic E-state index is 0.551. The van der Waals surface area contributed by atoms with Crippen molar-refractivity contribution in [1.82, 2.24) is 9.97 Å². The van der Waals surface area contributed by atoms with Crippen molar-refractivity contribution in [1.29, 1.82) is 0 Å². The maximum atomic E-state index is 5.64. The summed E-state index contributed by atoms with van der Waals surface area (Å²) in [4.78, 5) is 8.56. The zero-order chi connectivity index (χ0) is 14.4. The quantitative estimate of drug-likeness (QED) is 0.843. The Kier molecular flexibility index (Phi) is 4.90. The first-order chi connectivity index (χ1) is 9.71. The summed E-state index contributed by atoms with van der Waals surface area (Å²) in [6, 6.07) is 9.99. The van der Waals surface area contributed by atoms with Gasteiger partial charge in [0, 0.05) is 19.2 Å². The molecule has 1 aromatic carbocycles. The Morgan fingerprint density at radius 3 is 2.75 bits per heavy atom. The molecule has 5 heteroatoms. The van der Waals surface area contributed by atoms with Gasteiger partial charge in [-0.25, -0.2) is 4.98 Å². The molecule has 5 nitrogen and oxygen atoms in total. The van der Waals surface area contributed by atoms with Gasteiger partial charge in [-0.3, -0.25) is 0 Å². The number of nitrogens with two attached hydrogens (primary N) is 1. The van der Waals surface area contributed by atoms with E-state index in [9.17, 15) is 0 Å². The third-order valence-corrected chi connectivity index (χ3v) is 2.81. The first-order valence-corrected chi connectivity index (χ1v) is 6.71. The van der Waals surface area contributed by atoms with Crippen molar-refractivity contribution in [3.63, 3.8) is 0 Å². The molecule has 106 valence electrons. The predicted molar refractivity (Wildman–Crippen MR) is 79.6 cm³/mol. The van der Waals surface area contributed by atoms with Gasteiger partial charge in [-0.05, 0) is 25.0 Å².